The van der Waals surface area contributed by atoms with Crippen LogP contribution in [0.1, 0.15) is 168 Å². The normalized spacial score (nSPS) is 29.7. The summed E-state index contributed by atoms with van der Waals surface area (Å²) in [5.74, 6) is -5.03. The van der Waals surface area contributed by atoms with E-state index in [0.29, 0.717) is 38.5 Å². The van der Waals surface area contributed by atoms with E-state index in [9.17, 15) is 58.5 Å². The van der Waals surface area contributed by atoms with Crippen molar-refractivity contribution in [2.24, 2.45) is 11.8 Å². The topological polar surface area (TPSA) is 323 Å². The predicted molar refractivity (Wildman–Crippen MR) is 262 cm³/mol. The molecule has 11 atom stereocenters. The lowest BCUT2D eigenvalue weighted by molar-refractivity contribution is -0.188. The van der Waals surface area contributed by atoms with E-state index in [1.54, 1.807) is 0 Å². The zero-order chi connectivity index (χ0) is 52.2. The van der Waals surface area contributed by atoms with Gasteiger partial charge >= 0.3 is 33.3 Å². The monoisotopic (exact) mass is 1050 g/mol. The van der Waals surface area contributed by atoms with Crippen LogP contribution in [0.3, 0.4) is 0 Å². The lowest BCUT2D eigenvalue weighted by Crippen LogP contribution is -2.51. The van der Waals surface area contributed by atoms with Gasteiger partial charge < -0.3 is 50.2 Å². The molecule has 2 unspecified atom stereocenters. The van der Waals surface area contributed by atoms with Gasteiger partial charge in [-0.3, -0.25) is 28.0 Å². The average molecular weight is 1050 g/mol. The first kappa shape index (κ1) is 62.1. The van der Waals surface area contributed by atoms with Crippen molar-refractivity contribution in [2.75, 3.05) is 25.6 Å². The summed E-state index contributed by atoms with van der Waals surface area (Å²) in [4.78, 5) is 78.0. The Bertz CT molecular complexity index is 1950. The first-order valence-corrected chi connectivity index (χ1v) is 28.4. The highest BCUT2D eigenvalue weighted by molar-refractivity contribution is 7.61. The molecule has 0 amide bonds. The lowest BCUT2D eigenvalue weighted by Gasteiger charge is -2.39. The molecule has 2 fully saturated rings. The average Bonchev–Trinajstić information content (AvgIpc) is 3.30. The number of nitrogens with zero attached hydrogens (tertiary/aromatic N) is 2. The van der Waals surface area contributed by atoms with Crippen molar-refractivity contribution in [1.82, 2.24) is 9.55 Å². The molecule has 2 aliphatic rings. The number of Topliss-reactive ketones (excluding diaryl/α,β-unsaturated/α-hetero) is 1. The van der Waals surface area contributed by atoms with Crippen LogP contribution in [-0.2, 0) is 51.1 Å². The van der Waals surface area contributed by atoms with Crippen molar-refractivity contribution in [2.45, 2.75) is 204 Å². The van der Waals surface area contributed by atoms with E-state index in [1.807, 2.05) is 6.92 Å². The smallest absolute Gasteiger partial charge is 0.462 e. The number of cyclic esters (lactones) is 1. The van der Waals surface area contributed by atoms with Gasteiger partial charge in [0.25, 0.3) is 0 Å². The minimum atomic E-state index is -5.71. The number of phosphoric acid groups is 2. The van der Waals surface area contributed by atoms with Gasteiger partial charge in [-0.25, -0.2) is 13.9 Å². The molecule has 406 valence electrons. The van der Waals surface area contributed by atoms with Gasteiger partial charge in [0.2, 0.25) is 0 Å². The fraction of sp³-hybridized carbons (Fsp3) is 0.771. The standard InChI is InChI=1S/C48H81N3O18P2/c1-3-5-7-8-9-10-11-12-13-14-15-16-21-25-43(55)64-32-36-33-65-70(60,61)69-71(62,63)66-34-41-46(58)45(57)37(28-27-35(52)23-19-6-4-2)39(53)31-40(54)38(24-20-17-18-22-26-44(56)67-36)47(68-41)51-30-29-42(49)50-48(51)59/h10-11,27-30,35-38,40-41,45-47,52,54,57-58H,3-9,12-26,31-34H2,1-2H3,(H,60,61)(H,62,63)(H2,49,50,59)/b11-10-,28-27-/t35-,36+,37-,38-,40-,41+,45-,46+,47+/m0/s1. The van der Waals surface area contributed by atoms with Crippen LogP contribution in [0.4, 0.5) is 5.82 Å². The van der Waals surface area contributed by atoms with Crippen LogP contribution < -0.4 is 11.4 Å². The summed E-state index contributed by atoms with van der Waals surface area (Å²) in [6, 6.07) is 1.24. The molecule has 23 heteroatoms. The van der Waals surface area contributed by atoms with E-state index in [2.05, 4.69) is 28.4 Å². The van der Waals surface area contributed by atoms with E-state index in [1.165, 1.54) is 50.1 Å². The fourth-order valence-corrected chi connectivity index (χ4v) is 10.4. The number of allylic oxidation sites excluding steroid dienone is 2. The second-order valence-electron chi connectivity index (χ2n) is 18.4. The van der Waals surface area contributed by atoms with E-state index in [4.69, 9.17) is 29.0 Å². The summed E-state index contributed by atoms with van der Waals surface area (Å²) in [6.07, 6.45) is 11.2. The van der Waals surface area contributed by atoms with Gasteiger partial charge in [-0.05, 0) is 57.4 Å². The summed E-state index contributed by atoms with van der Waals surface area (Å²) >= 11 is 0. The second-order valence-corrected chi connectivity index (χ2v) is 21.5. The van der Waals surface area contributed by atoms with Crippen LogP contribution >= 0.6 is 15.6 Å². The maximum atomic E-state index is 13.9. The Morgan fingerprint density at radius 3 is 2.20 bits per heavy atom. The molecule has 3 heterocycles. The zero-order valence-electron chi connectivity index (χ0n) is 41.5. The van der Waals surface area contributed by atoms with Gasteiger partial charge in [0, 0.05) is 31.4 Å². The van der Waals surface area contributed by atoms with Crippen LogP contribution in [-0.4, -0.2) is 114 Å². The highest BCUT2D eigenvalue weighted by atomic mass is 31.3. The van der Waals surface area contributed by atoms with E-state index >= 15 is 0 Å². The summed E-state index contributed by atoms with van der Waals surface area (Å²) < 4.78 is 58.9. The number of aromatic nitrogens is 2. The number of anilines is 1. The van der Waals surface area contributed by atoms with E-state index < -0.39 is 120 Å². The quantitative estimate of drug-likeness (QED) is 0.0271. The van der Waals surface area contributed by atoms with Crippen molar-refractivity contribution in [1.29, 1.82) is 0 Å². The minimum Gasteiger partial charge on any atom is -0.462 e. The molecule has 0 spiro atoms. The van der Waals surface area contributed by atoms with Gasteiger partial charge in [-0.15, -0.1) is 0 Å². The Labute approximate surface area is 417 Å². The number of fused-ring (bicyclic) bond motifs is 3. The summed E-state index contributed by atoms with van der Waals surface area (Å²) in [5.41, 5.74) is 4.77. The van der Waals surface area contributed by atoms with Crippen LogP contribution in [0, 0.1) is 11.8 Å². The Hall–Kier alpha value is -3.17. The van der Waals surface area contributed by atoms with Crippen molar-refractivity contribution in [3.8, 4) is 0 Å². The van der Waals surface area contributed by atoms with Crippen LogP contribution in [0.25, 0.3) is 0 Å². The second kappa shape index (κ2) is 33.6. The number of unbranched alkanes of at least 4 members (excludes halogenated alkanes) is 11. The molecule has 2 saturated heterocycles. The first-order chi connectivity index (χ1) is 33.9. The number of rotatable bonds is 22. The SMILES string of the molecule is CCCCCC/C=C\CCCCCCCC(=O)OC[C@@H]1COP(=O)(O)OP(=O)(O)OC[C@H]2O[C@@H](n3ccc(N)nc3=O)[C@@H](CCCCCCC(=O)O1)[C@@H](O)CC(=O)[C@H](/C=C\[C@@H](O)CCCCC)[C@H](O)[C@@H]2O. The highest BCUT2D eigenvalue weighted by Gasteiger charge is 2.45. The molecule has 3 rings (SSSR count). The number of hydrogen-bond acceptors (Lipinski definition) is 18. The predicted octanol–water partition coefficient (Wildman–Crippen LogP) is 6.81. The first-order valence-electron chi connectivity index (χ1n) is 25.5. The van der Waals surface area contributed by atoms with Crippen LogP contribution in [0.2, 0.25) is 0 Å². The van der Waals surface area contributed by atoms with E-state index in [0.717, 1.165) is 55.9 Å². The zero-order valence-corrected chi connectivity index (χ0v) is 43.3. The third kappa shape index (κ3) is 24.6. The summed E-state index contributed by atoms with van der Waals surface area (Å²) in [5, 5.41) is 45.7. The van der Waals surface area contributed by atoms with Crippen LogP contribution in [0.15, 0.2) is 41.4 Å². The number of ether oxygens (including phenoxy) is 3. The third-order valence-electron chi connectivity index (χ3n) is 12.4. The Morgan fingerprint density at radius 1 is 0.873 bits per heavy atom. The number of nitrogen functional groups attached to an aromatic ring is 1. The number of aliphatic hydroxyl groups is 4. The molecular formula is C48H81N3O18P2. The molecule has 0 aromatic carbocycles. The van der Waals surface area contributed by atoms with Crippen molar-refractivity contribution in [3.63, 3.8) is 0 Å². The molecule has 0 saturated carbocycles. The van der Waals surface area contributed by atoms with Gasteiger partial charge in [-0.2, -0.15) is 9.29 Å². The molecular weight excluding hydrogens is 968 g/mol. The number of hydrogen-bond donors (Lipinski definition) is 7. The van der Waals surface area contributed by atoms with E-state index in [-0.39, 0.29) is 31.5 Å². The van der Waals surface area contributed by atoms with Gasteiger partial charge in [0.05, 0.1) is 37.4 Å². The number of ketones is 1. The number of carbonyl (C=O) groups excluding carboxylic acids is 3. The highest BCUT2D eigenvalue weighted by Crippen LogP contribution is 2.60. The van der Waals surface area contributed by atoms with Gasteiger partial charge in [0.1, 0.15) is 36.6 Å². The molecule has 2 aliphatic heterocycles. The molecule has 21 nitrogen and oxygen atoms in total. The Morgan fingerprint density at radius 2 is 1.51 bits per heavy atom. The number of esters is 2. The number of nitrogens with two attached hydrogens (primary N) is 1. The summed E-state index contributed by atoms with van der Waals surface area (Å²) in [6.45, 7) is 1.46. The fourth-order valence-electron chi connectivity index (χ4n) is 8.33. The molecule has 71 heavy (non-hydrogen) atoms. The largest absolute Gasteiger partial charge is 0.481 e. The number of carbonyl (C=O) groups is 3. The maximum Gasteiger partial charge on any atom is 0.481 e. The third-order valence-corrected chi connectivity index (χ3v) is 15.0. The van der Waals surface area contributed by atoms with Crippen molar-refractivity contribution in [3.05, 3.63) is 47.1 Å². The molecule has 1 aromatic heterocycles. The van der Waals surface area contributed by atoms with Gasteiger partial charge in [0.15, 0.2) is 6.10 Å². The van der Waals surface area contributed by atoms with Gasteiger partial charge in [-0.1, -0.05) is 115 Å². The number of aliphatic hydroxyl groups excluding tert-OH is 4. The Kier molecular flexibility index (Phi) is 29.4. The molecule has 8 N–H and O–H groups in total. The molecule has 0 radical (unpaired) electrons. The molecule has 2 bridgehead atoms. The number of phosphoric ester groups is 2. The Balaban J connectivity index is 1.80. The van der Waals surface area contributed by atoms with Crippen molar-refractivity contribution >= 4 is 39.2 Å². The molecule has 0 aliphatic carbocycles. The van der Waals surface area contributed by atoms with Crippen LogP contribution in [0.5, 0.6) is 0 Å². The summed E-state index contributed by atoms with van der Waals surface area (Å²) in [7, 11) is -11.3. The minimum absolute atomic E-state index is 0.0558. The lowest BCUT2D eigenvalue weighted by atomic mass is 9.83. The maximum absolute atomic E-state index is 13.9. The molecule has 1 aromatic rings. The van der Waals surface area contributed by atoms with Crippen molar-refractivity contribution < 1.29 is 81.3 Å².